The number of methoxy groups -OCH3 is 1. The first kappa shape index (κ1) is 26.1. The van der Waals surface area contributed by atoms with Crippen LogP contribution in [-0.4, -0.2) is 36.8 Å². The molecule has 0 radical (unpaired) electrons. The van der Waals surface area contributed by atoms with Gasteiger partial charge in [-0.2, -0.15) is 15.5 Å². The molecule has 3 rings (SSSR count). The number of amides is 1. The summed E-state index contributed by atoms with van der Waals surface area (Å²) in [7, 11) is 1.63. The van der Waals surface area contributed by atoms with E-state index in [9.17, 15) is 14.9 Å². The normalized spacial score (nSPS) is 11.3. The van der Waals surface area contributed by atoms with Crippen LogP contribution in [0.3, 0.4) is 0 Å². The van der Waals surface area contributed by atoms with Crippen molar-refractivity contribution in [3.8, 4) is 6.07 Å². The van der Waals surface area contributed by atoms with Gasteiger partial charge in [-0.3, -0.25) is 4.79 Å². The Balaban J connectivity index is 1.55. The van der Waals surface area contributed by atoms with Crippen LogP contribution in [0.2, 0.25) is 0 Å². The van der Waals surface area contributed by atoms with Crippen molar-refractivity contribution >= 4 is 35.0 Å². The lowest BCUT2D eigenvalue weighted by Gasteiger charge is -2.08. The van der Waals surface area contributed by atoms with Crippen LogP contribution in [0.15, 0.2) is 76.5 Å². The second-order valence-corrected chi connectivity index (χ2v) is 7.85. The fraction of sp³-hybridized carbons (Fsp3) is 0.222. The Kier molecular flexibility index (Phi) is 9.26. The minimum atomic E-state index is -0.869. The van der Waals surface area contributed by atoms with Crippen molar-refractivity contribution in [1.29, 1.82) is 5.26 Å². The van der Waals surface area contributed by atoms with Gasteiger partial charge in [-0.15, -0.1) is 0 Å². The third-order valence-corrected chi connectivity index (χ3v) is 5.29. The van der Waals surface area contributed by atoms with Crippen LogP contribution < -0.4 is 5.32 Å². The molecule has 0 bridgehead atoms. The molecular weight excluding hydrogens is 458 g/mol. The number of esters is 1. The first-order valence-electron chi connectivity index (χ1n) is 11.2. The van der Waals surface area contributed by atoms with Crippen LogP contribution in [0, 0.1) is 25.2 Å². The number of aryl methyl sites for hydroxylation is 1. The number of nitriles is 1. The molecule has 0 saturated carbocycles. The Hall–Kier alpha value is -4.55. The van der Waals surface area contributed by atoms with Crippen molar-refractivity contribution < 1.29 is 19.1 Å². The van der Waals surface area contributed by atoms with Gasteiger partial charge in [0.25, 0.3) is 5.91 Å². The van der Waals surface area contributed by atoms with Gasteiger partial charge in [0, 0.05) is 30.7 Å². The largest absolute Gasteiger partial charge is 0.451 e. The van der Waals surface area contributed by atoms with E-state index in [-0.39, 0.29) is 5.57 Å². The molecule has 1 heterocycles. The van der Waals surface area contributed by atoms with Crippen molar-refractivity contribution in [2.24, 2.45) is 10.2 Å². The summed E-state index contributed by atoms with van der Waals surface area (Å²) in [5, 5.41) is 20.4. The predicted octanol–water partition coefficient (Wildman–Crippen LogP) is 5.26. The molecular formula is C27H27N5O4. The predicted molar refractivity (Wildman–Crippen MR) is 136 cm³/mol. The molecule has 36 heavy (non-hydrogen) atoms. The molecule has 3 aromatic rings. The summed E-state index contributed by atoms with van der Waals surface area (Å²) in [5.74, 6) is -1.40. The summed E-state index contributed by atoms with van der Waals surface area (Å²) < 4.78 is 12.2. The molecule has 1 amide bonds. The molecule has 1 N–H and O–H groups in total. The molecule has 1 aromatic heterocycles. The Morgan fingerprint density at radius 3 is 2.36 bits per heavy atom. The number of ether oxygens (including phenoxy) is 2. The number of rotatable bonds is 10. The van der Waals surface area contributed by atoms with E-state index in [1.54, 1.807) is 31.4 Å². The van der Waals surface area contributed by atoms with Gasteiger partial charge < -0.3 is 19.4 Å². The second kappa shape index (κ2) is 12.8. The number of nitrogens with one attached hydrogen (secondary N) is 1. The lowest BCUT2D eigenvalue weighted by Crippen LogP contribution is -2.21. The van der Waals surface area contributed by atoms with Gasteiger partial charge in [0.1, 0.15) is 11.6 Å². The van der Waals surface area contributed by atoms with Crippen LogP contribution in [0.1, 0.15) is 17.0 Å². The Labute approximate surface area is 209 Å². The van der Waals surface area contributed by atoms with Crippen molar-refractivity contribution in [2.45, 2.75) is 20.4 Å². The summed E-state index contributed by atoms with van der Waals surface area (Å²) in [4.78, 5) is 24.6. The summed E-state index contributed by atoms with van der Waals surface area (Å²) in [6.07, 6.45) is 1.47. The van der Waals surface area contributed by atoms with E-state index in [0.717, 1.165) is 22.6 Å². The van der Waals surface area contributed by atoms with Gasteiger partial charge in [-0.25, -0.2) is 4.79 Å². The van der Waals surface area contributed by atoms with Gasteiger partial charge in [0.05, 0.1) is 18.0 Å². The van der Waals surface area contributed by atoms with E-state index in [0.29, 0.717) is 24.5 Å². The van der Waals surface area contributed by atoms with E-state index in [4.69, 9.17) is 9.47 Å². The maximum absolute atomic E-state index is 12.4. The minimum absolute atomic E-state index is 0.192. The maximum Gasteiger partial charge on any atom is 0.349 e. The number of benzene rings is 2. The highest BCUT2D eigenvalue weighted by Crippen LogP contribution is 2.21. The molecule has 0 atom stereocenters. The highest BCUT2D eigenvalue weighted by molar-refractivity contribution is 6.00. The smallest absolute Gasteiger partial charge is 0.349 e. The molecule has 2 aromatic carbocycles. The summed E-state index contributed by atoms with van der Waals surface area (Å²) in [5.41, 5.74) is 4.27. The summed E-state index contributed by atoms with van der Waals surface area (Å²) in [6, 6.07) is 19.8. The van der Waals surface area contributed by atoms with Gasteiger partial charge in [0.15, 0.2) is 6.61 Å². The van der Waals surface area contributed by atoms with Crippen LogP contribution >= 0.6 is 0 Å². The molecule has 184 valence electrons. The number of hydrogen-bond donors (Lipinski definition) is 1. The van der Waals surface area contributed by atoms with Gasteiger partial charge in [-0.1, -0.05) is 18.2 Å². The molecule has 0 fully saturated rings. The minimum Gasteiger partial charge on any atom is -0.451 e. The third-order valence-electron chi connectivity index (χ3n) is 5.29. The van der Waals surface area contributed by atoms with Crippen molar-refractivity contribution in [3.05, 3.63) is 83.2 Å². The van der Waals surface area contributed by atoms with Crippen LogP contribution in [0.5, 0.6) is 0 Å². The lowest BCUT2D eigenvalue weighted by molar-refractivity contribution is -0.142. The second-order valence-electron chi connectivity index (χ2n) is 7.85. The van der Waals surface area contributed by atoms with Crippen molar-refractivity contribution in [3.63, 3.8) is 0 Å². The molecule has 0 aliphatic heterocycles. The molecule has 9 heteroatoms. The van der Waals surface area contributed by atoms with Gasteiger partial charge in [0.2, 0.25) is 0 Å². The zero-order valence-electron chi connectivity index (χ0n) is 20.4. The van der Waals surface area contributed by atoms with Gasteiger partial charge >= 0.3 is 5.97 Å². The van der Waals surface area contributed by atoms with E-state index in [1.807, 2.05) is 60.9 Å². The van der Waals surface area contributed by atoms with Crippen molar-refractivity contribution in [2.75, 3.05) is 25.6 Å². The Morgan fingerprint density at radius 1 is 1.06 bits per heavy atom. The zero-order valence-corrected chi connectivity index (χ0v) is 20.4. The number of nitrogens with zero attached hydrogens (tertiary/aromatic N) is 4. The fourth-order valence-electron chi connectivity index (χ4n) is 3.42. The summed E-state index contributed by atoms with van der Waals surface area (Å²) >= 11 is 0. The SMILES string of the molecule is COCCn1c(C)cc(/C=C(\C#N)C(=O)OCC(=O)Nc2ccc(N=Nc3ccccc3)cc2)c1C. The number of hydrogen-bond acceptors (Lipinski definition) is 7. The van der Waals surface area contributed by atoms with E-state index in [1.165, 1.54) is 6.08 Å². The fourth-order valence-corrected chi connectivity index (χ4v) is 3.42. The zero-order chi connectivity index (χ0) is 25.9. The first-order chi connectivity index (χ1) is 17.4. The number of carbonyl (C=O) groups excluding carboxylic acids is 2. The number of anilines is 1. The Bertz CT molecular complexity index is 1300. The topological polar surface area (TPSA) is 118 Å². The molecule has 0 spiro atoms. The average Bonchev–Trinajstić information content (AvgIpc) is 3.16. The Morgan fingerprint density at radius 2 is 1.72 bits per heavy atom. The lowest BCUT2D eigenvalue weighted by atomic mass is 10.1. The standard InChI is InChI=1S/C27H27N5O4/c1-19-15-21(20(2)32(19)13-14-35-3)16-22(17-28)27(34)36-18-26(33)29-23-9-11-25(12-10-23)31-30-24-7-5-4-6-8-24/h4-12,15-16H,13-14,18H2,1-3H3,(H,29,33)/b22-16+,31-30?. The third kappa shape index (κ3) is 7.22. The van der Waals surface area contributed by atoms with Crippen LogP contribution in [0.25, 0.3) is 6.08 Å². The molecule has 0 unspecified atom stereocenters. The maximum atomic E-state index is 12.4. The highest BCUT2D eigenvalue weighted by Gasteiger charge is 2.15. The number of carbonyl (C=O) groups is 2. The quantitative estimate of drug-likeness (QED) is 0.182. The molecule has 0 aliphatic carbocycles. The number of azo groups is 1. The average molecular weight is 486 g/mol. The van der Waals surface area contributed by atoms with E-state index in [2.05, 4.69) is 15.5 Å². The van der Waals surface area contributed by atoms with E-state index >= 15 is 0 Å². The van der Waals surface area contributed by atoms with Crippen molar-refractivity contribution in [1.82, 2.24) is 4.57 Å². The van der Waals surface area contributed by atoms with Crippen LogP contribution in [0.4, 0.5) is 17.1 Å². The van der Waals surface area contributed by atoms with Crippen LogP contribution in [-0.2, 0) is 25.6 Å². The van der Waals surface area contributed by atoms with Gasteiger partial charge in [-0.05, 0) is 68.0 Å². The summed E-state index contributed by atoms with van der Waals surface area (Å²) in [6.45, 7) is 4.51. The molecule has 0 aliphatic rings. The number of aromatic nitrogens is 1. The highest BCUT2D eigenvalue weighted by atomic mass is 16.5. The first-order valence-corrected chi connectivity index (χ1v) is 11.2. The monoisotopic (exact) mass is 485 g/mol. The van der Waals surface area contributed by atoms with E-state index < -0.39 is 18.5 Å². The molecule has 0 saturated heterocycles. The molecule has 9 nitrogen and oxygen atoms in total.